The minimum absolute atomic E-state index is 0.113. The zero-order chi connectivity index (χ0) is 14.7. The molecule has 6 heteroatoms. The highest BCUT2D eigenvalue weighted by Crippen LogP contribution is 2.35. The Hall–Kier alpha value is -0.940. The Morgan fingerprint density at radius 1 is 1.50 bits per heavy atom. The Labute approximate surface area is 132 Å². The van der Waals surface area contributed by atoms with E-state index in [9.17, 15) is 4.79 Å². The van der Waals surface area contributed by atoms with Gasteiger partial charge in [0.15, 0.2) is 11.9 Å². The number of nitrogens with one attached hydrogen (secondary N) is 1. The van der Waals surface area contributed by atoms with Gasteiger partial charge in [0.05, 0.1) is 10.2 Å². The van der Waals surface area contributed by atoms with Crippen LogP contribution >= 0.6 is 27.5 Å². The van der Waals surface area contributed by atoms with E-state index in [1.807, 2.05) is 0 Å². The molecule has 1 aliphatic rings. The number of hydrogen-bond acceptors (Lipinski definition) is 3. The van der Waals surface area contributed by atoms with Gasteiger partial charge < -0.3 is 15.8 Å². The lowest BCUT2D eigenvalue weighted by molar-refractivity contribution is -0.127. The Morgan fingerprint density at radius 3 is 2.75 bits per heavy atom. The van der Waals surface area contributed by atoms with Crippen molar-refractivity contribution in [2.24, 2.45) is 0 Å². The first-order valence-electron chi connectivity index (χ1n) is 6.69. The van der Waals surface area contributed by atoms with Crippen molar-refractivity contribution in [3.63, 3.8) is 0 Å². The number of ether oxygens (including phenoxy) is 1. The maximum Gasteiger partial charge on any atom is 0.260 e. The van der Waals surface area contributed by atoms with Crippen molar-refractivity contribution < 1.29 is 9.53 Å². The average molecular weight is 362 g/mol. The molecule has 1 aromatic rings. The highest BCUT2D eigenvalue weighted by molar-refractivity contribution is 9.10. The van der Waals surface area contributed by atoms with Crippen LogP contribution in [0.3, 0.4) is 0 Å². The Morgan fingerprint density at radius 2 is 2.15 bits per heavy atom. The summed E-state index contributed by atoms with van der Waals surface area (Å²) in [6.07, 6.45) is 3.85. The van der Waals surface area contributed by atoms with Crippen LogP contribution in [-0.4, -0.2) is 18.1 Å². The van der Waals surface area contributed by atoms with Crippen molar-refractivity contribution in [2.75, 3.05) is 5.73 Å². The van der Waals surface area contributed by atoms with Gasteiger partial charge in [0.2, 0.25) is 0 Å². The van der Waals surface area contributed by atoms with Crippen LogP contribution in [0, 0.1) is 0 Å². The molecule has 4 nitrogen and oxygen atoms in total. The first-order chi connectivity index (χ1) is 9.47. The molecule has 0 heterocycles. The van der Waals surface area contributed by atoms with Crippen LogP contribution in [0.5, 0.6) is 5.75 Å². The molecule has 20 heavy (non-hydrogen) atoms. The van der Waals surface area contributed by atoms with Gasteiger partial charge in [0, 0.05) is 11.1 Å². The summed E-state index contributed by atoms with van der Waals surface area (Å²) >= 11 is 9.23. The predicted molar refractivity (Wildman–Crippen MR) is 84.1 cm³/mol. The maximum atomic E-state index is 12.1. The molecule has 1 amide bonds. The van der Waals surface area contributed by atoms with Crippen LogP contribution in [0.1, 0.15) is 32.6 Å². The molecule has 2 rings (SSSR count). The number of hydrogen-bond donors (Lipinski definition) is 2. The first kappa shape index (κ1) is 15.4. The molecule has 1 atom stereocenters. The molecule has 0 aliphatic heterocycles. The highest BCUT2D eigenvalue weighted by Gasteiger charge is 2.22. The van der Waals surface area contributed by atoms with E-state index in [1.165, 1.54) is 12.8 Å². The number of rotatable bonds is 4. The second-order valence-corrected chi connectivity index (χ2v) is 6.35. The fourth-order valence-electron chi connectivity index (χ4n) is 2.32. The summed E-state index contributed by atoms with van der Waals surface area (Å²) in [4.78, 5) is 12.1. The van der Waals surface area contributed by atoms with Gasteiger partial charge in [0.25, 0.3) is 5.91 Å². The second kappa shape index (κ2) is 6.68. The van der Waals surface area contributed by atoms with E-state index in [2.05, 4.69) is 21.2 Å². The molecule has 0 aromatic heterocycles. The van der Waals surface area contributed by atoms with Gasteiger partial charge in [-0.15, -0.1) is 0 Å². The number of halogens is 2. The summed E-state index contributed by atoms with van der Waals surface area (Å²) in [6, 6.07) is 3.57. The Kier molecular flexibility index (Phi) is 5.16. The first-order valence-corrected chi connectivity index (χ1v) is 7.86. The maximum absolute atomic E-state index is 12.1. The van der Waals surface area contributed by atoms with Crippen LogP contribution in [-0.2, 0) is 4.79 Å². The molecule has 1 fully saturated rings. The monoisotopic (exact) mass is 360 g/mol. The van der Waals surface area contributed by atoms with Crippen LogP contribution < -0.4 is 15.8 Å². The zero-order valence-electron chi connectivity index (χ0n) is 11.3. The van der Waals surface area contributed by atoms with Crippen molar-refractivity contribution in [1.82, 2.24) is 5.32 Å². The third-order valence-corrected chi connectivity index (χ3v) is 4.21. The van der Waals surface area contributed by atoms with Gasteiger partial charge in [-0.05, 0) is 47.8 Å². The number of amides is 1. The molecule has 1 saturated carbocycles. The molecule has 0 spiro atoms. The number of carbonyl (C=O) groups excluding carboxylic acids is 1. The second-order valence-electron chi connectivity index (χ2n) is 5.06. The average Bonchev–Trinajstić information content (AvgIpc) is 2.86. The normalized spacial score (nSPS) is 16.9. The Bertz CT molecular complexity index is 481. The quantitative estimate of drug-likeness (QED) is 0.807. The van der Waals surface area contributed by atoms with Crippen LogP contribution in [0.25, 0.3) is 0 Å². The third kappa shape index (κ3) is 3.79. The molecule has 0 radical (unpaired) electrons. The summed E-state index contributed by atoms with van der Waals surface area (Å²) in [5.74, 6) is 0.335. The molecular weight excluding hydrogens is 344 g/mol. The van der Waals surface area contributed by atoms with Gasteiger partial charge in [0.1, 0.15) is 0 Å². The fraction of sp³-hybridized carbons (Fsp3) is 0.500. The molecule has 0 saturated heterocycles. The molecular formula is C14H18BrClN2O2. The standard InChI is InChI=1S/C14H18BrClN2O2/c1-8(14(19)18-10-4-2-3-5-10)20-13-11(15)6-9(16)7-12(13)17/h6-8,10H,2-5,17H2,1H3,(H,18,19). The van der Waals surface area contributed by atoms with E-state index >= 15 is 0 Å². The van der Waals surface area contributed by atoms with Gasteiger partial charge >= 0.3 is 0 Å². The lowest BCUT2D eigenvalue weighted by atomic mass is 10.2. The molecule has 1 aliphatic carbocycles. The number of benzene rings is 1. The largest absolute Gasteiger partial charge is 0.478 e. The van der Waals surface area contributed by atoms with Crippen LogP contribution in [0.4, 0.5) is 5.69 Å². The van der Waals surface area contributed by atoms with E-state index in [1.54, 1.807) is 19.1 Å². The zero-order valence-corrected chi connectivity index (χ0v) is 13.6. The van der Waals surface area contributed by atoms with Gasteiger partial charge in [-0.3, -0.25) is 4.79 Å². The van der Waals surface area contributed by atoms with Crippen LogP contribution in [0.2, 0.25) is 5.02 Å². The third-order valence-electron chi connectivity index (χ3n) is 3.40. The summed E-state index contributed by atoms with van der Waals surface area (Å²) in [5, 5.41) is 3.52. The van der Waals surface area contributed by atoms with Gasteiger partial charge in [-0.1, -0.05) is 24.4 Å². The van der Waals surface area contributed by atoms with E-state index in [-0.39, 0.29) is 11.9 Å². The fourth-order valence-corrected chi connectivity index (χ4v) is 3.25. The molecule has 1 aromatic carbocycles. The number of carbonyl (C=O) groups is 1. The number of nitrogen functional groups attached to an aromatic ring is 1. The van der Waals surface area contributed by atoms with Crippen molar-refractivity contribution >= 4 is 39.1 Å². The lowest BCUT2D eigenvalue weighted by Gasteiger charge is -2.19. The minimum atomic E-state index is -0.602. The molecule has 1 unspecified atom stereocenters. The lowest BCUT2D eigenvalue weighted by Crippen LogP contribution is -2.41. The van der Waals surface area contributed by atoms with Gasteiger partial charge in [-0.2, -0.15) is 0 Å². The van der Waals surface area contributed by atoms with Gasteiger partial charge in [-0.25, -0.2) is 0 Å². The molecule has 110 valence electrons. The summed E-state index contributed by atoms with van der Waals surface area (Å²) < 4.78 is 6.30. The van der Waals surface area contributed by atoms with Crippen LogP contribution in [0.15, 0.2) is 16.6 Å². The Balaban J connectivity index is 2.00. The number of anilines is 1. The van der Waals surface area contributed by atoms with Crippen molar-refractivity contribution in [3.05, 3.63) is 21.6 Å². The highest BCUT2D eigenvalue weighted by atomic mass is 79.9. The van der Waals surface area contributed by atoms with E-state index in [4.69, 9.17) is 22.1 Å². The molecule has 3 N–H and O–H groups in total. The smallest absolute Gasteiger partial charge is 0.260 e. The summed E-state index contributed by atoms with van der Waals surface area (Å²) in [7, 11) is 0. The summed E-state index contributed by atoms with van der Waals surface area (Å²) in [5.41, 5.74) is 6.27. The van der Waals surface area contributed by atoms with Crippen molar-refractivity contribution in [3.8, 4) is 5.75 Å². The van der Waals surface area contributed by atoms with E-state index in [0.29, 0.717) is 20.9 Å². The van der Waals surface area contributed by atoms with E-state index < -0.39 is 6.10 Å². The van der Waals surface area contributed by atoms with Crippen molar-refractivity contribution in [2.45, 2.75) is 44.8 Å². The summed E-state index contributed by atoms with van der Waals surface area (Å²) in [6.45, 7) is 1.71. The SMILES string of the molecule is CC(Oc1c(N)cc(Cl)cc1Br)C(=O)NC1CCCC1. The minimum Gasteiger partial charge on any atom is -0.478 e. The topological polar surface area (TPSA) is 64.3 Å². The van der Waals surface area contributed by atoms with E-state index in [0.717, 1.165) is 12.8 Å². The van der Waals surface area contributed by atoms with Crippen molar-refractivity contribution in [1.29, 1.82) is 0 Å². The number of nitrogens with two attached hydrogens (primary N) is 1. The predicted octanol–water partition coefficient (Wildman–Crippen LogP) is 3.51. The molecule has 0 bridgehead atoms.